The molecule has 2 saturated heterocycles. The van der Waals surface area contributed by atoms with Crippen LogP contribution >= 0.6 is 0 Å². The number of alkyl halides is 2. The maximum Gasteiger partial charge on any atom is 0.264 e. The van der Waals surface area contributed by atoms with Crippen molar-refractivity contribution in [2.75, 3.05) is 36.5 Å². The molecule has 2 aromatic heterocycles. The van der Waals surface area contributed by atoms with Crippen LogP contribution in [0.5, 0.6) is 0 Å². The number of halogens is 2. The summed E-state index contributed by atoms with van der Waals surface area (Å²) in [7, 11) is 0. The van der Waals surface area contributed by atoms with E-state index in [1.807, 2.05) is 11.0 Å². The predicted molar refractivity (Wildman–Crippen MR) is 218 cm³/mol. The van der Waals surface area contributed by atoms with Gasteiger partial charge in [0.2, 0.25) is 23.7 Å². The molecule has 0 aliphatic carbocycles. The Bertz CT molecular complexity index is 2700. The number of carbonyl (C=O) groups is 5. The highest BCUT2D eigenvalue weighted by atomic mass is 19.3. The van der Waals surface area contributed by atoms with E-state index < -0.39 is 36.1 Å². The average Bonchev–Trinajstić information content (AvgIpc) is 3.76. The molecule has 17 heteroatoms. The highest BCUT2D eigenvalue weighted by Crippen LogP contribution is 2.44. The number of hydrogen-bond donors (Lipinski definition) is 2. The van der Waals surface area contributed by atoms with Crippen molar-refractivity contribution >= 4 is 63.6 Å². The maximum atomic E-state index is 15.1. The minimum Gasteiger partial charge on any atom is -0.381 e. The van der Waals surface area contributed by atoms with E-state index in [4.69, 9.17) is 9.84 Å². The van der Waals surface area contributed by atoms with E-state index in [1.165, 1.54) is 12.1 Å². The molecular formula is C44H41F2N9O6. The van der Waals surface area contributed by atoms with Crippen molar-refractivity contribution in [3.63, 3.8) is 0 Å². The number of benzene rings is 3. The monoisotopic (exact) mass is 829 g/mol. The van der Waals surface area contributed by atoms with Crippen LogP contribution in [0.3, 0.4) is 0 Å². The minimum atomic E-state index is -2.77. The molecular weight excluding hydrogens is 789 g/mol. The molecule has 5 aromatic rings. The van der Waals surface area contributed by atoms with E-state index in [2.05, 4.69) is 30.2 Å². The third-order valence-electron chi connectivity index (χ3n) is 12.5. The number of anilines is 4. The normalized spacial score (nSPS) is 19.3. The Balaban J connectivity index is 0.930. The summed E-state index contributed by atoms with van der Waals surface area (Å²) in [5.74, 6) is -1.46. The lowest BCUT2D eigenvalue weighted by Gasteiger charge is -2.33. The molecule has 2 N–H and O–H groups in total. The van der Waals surface area contributed by atoms with Crippen molar-refractivity contribution in [1.29, 1.82) is 0 Å². The van der Waals surface area contributed by atoms with Crippen LogP contribution in [0.25, 0.3) is 22.0 Å². The number of aromatic nitrogens is 4. The fourth-order valence-electron chi connectivity index (χ4n) is 9.38. The summed E-state index contributed by atoms with van der Waals surface area (Å²) >= 11 is 0. The lowest BCUT2D eigenvalue weighted by molar-refractivity contribution is -0.136. The van der Waals surface area contributed by atoms with Crippen molar-refractivity contribution in [1.82, 2.24) is 34.9 Å². The van der Waals surface area contributed by atoms with Gasteiger partial charge in [-0.05, 0) is 91.3 Å². The Kier molecular flexibility index (Phi) is 9.57. The van der Waals surface area contributed by atoms with Crippen LogP contribution in [-0.4, -0.2) is 91.4 Å². The Hall–Kier alpha value is -6.62. The minimum absolute atomic E-state index is 0.00976. The van der Waals surface area contributed by atoms with Gasteiger partial charge in [-0.15, -0.1) is 0 Å². The van der Waals surface area contributed by atoms with Gasteiger partial charge < -0.3 is 19.9 Å². The van der Waals surface area contributed by atoms with E-state index in [9.17, 15) is 24.0 Å². The smallest absolute Gasteiger partial charge is 0.264 e. The van der Waals surface area contributed by atoms with Crippen LogP contribution in [0.1, 0.15) is 94.6 Å². The molecule has 0 saturated carbocycles. The van der Waals surface area contributed by atoms with E-state index >= 15 is 8.78 Å². The Morgan fingerprint density at radius 2 is 1.74 bits per heavy atom. The summed E-state index contributed by atoms with van der Waals surface area (Å²) in [5.41, 5.74) is 5.85. The molecule has 0 spiro atoms. The third-order valence-corrected chi connectivity index (χ3v) is 12.5. The number of hydrogen-bond acceptors (Lipinski definition) is 11. The molecule has 5 aliphatic heterocycles. The highest BCUT2D eigenvalue weighted by Gasteiger charge is 2.45. The van der Waals surface area contributed by atoms with E-state index in [0.717, 1.165) is 46.8 Å². The maximum absolute atomic E-state index is 15.1. The van der Waals surface area contributed by atoms with Gasteiger partial charge in [-0.2, -0.15) is 5.10 Å². The Morgan fingerprint density at radius 3 is 2.52 bits per heavy atom. The number of carbonyl (C=O) groups excluding carboxylic acids is 5. The quantitative estimate of drug-likeness (QED) is 0.187. The third kappa shape index (κ3) is 6.76. The van der Waals surface area contributed by atoms with Gasteiger partial charge in [-0.25, -0.2) is 18.7 Å². The zero-order valence-electron chi connectivity index (χ0n) is 33.2. The zero-order valence-corrected chi connectivity index (χ0v) is 33.2. The molecule has 5 amide bonds. The summed E-state index contributed by atoms with van der Waals surface area (Å²) in [6, 6.07) is 12.5. The number of nitrogens with one attached hydrogen (secondary N) is 2. The second-order valence-corrected chi connectivity index (χ2v) is 16.2. The molecule has 312 valence electrons. The van der Waals surface area contributed by atoms with Crippen molar-refractivity contribution < 1.29 is 37.5 Å². The van der Waals surface area contributed by atoms with Gasteiger partial charge in [0, 0.05) is 85.8 Å². The van der Waals surface area contributed by atoms with Gasteiger partial charge >= 0.3 is 0 Å². The molecule has 0 radical (unpaired) electrons. The number of nitrogens with zero attached hydrogens (tertiary/aromatic N) is 7. The summed E-state index contributed by atoms with van der Waals surface area (Å²) in [6.45, 7) is 4.51. The largest absolute Gasteiger partial charge is 0.381 e. The molecule has 7 heterocycles. The van der Waals surface area contributed by atoms with Crippen molar-refractivity contribution in [2.45, 2.75) is 76.9 Å². The molecule has 2 fully saturated rings. The number of piperidine rings is 1. The van der Waals surface area contributed by atoms with Gasteiger partial charge in [0.25, 0.3) is 18.2 Å². The first-order valence-electron chi connectivity index (χ1n) is 20.6. The first-order valence-corrected chi connectivity index (χ1v) is 20.6. The molecule has 61 heavy (non-hydrogen) atoms. The molecule has 10 rings (SSSR count). The fourth-order valence-corrected chi connectivity index (χ4v) is 9.38. The fraction of sp³-hybridized carbons (Fsp3) is 0.364. The SMILES string of the molecule is CC(=O)N1CCc2c(c(N3CCCc4cc(-c5ccc6nc(Nc7ccc8c(c7)C(=O)N(C7CCC(=O)NC7=O)C8=O)ncc6c5)c(C(F)F)cc43)nn2C2CCOCC2)C1. The standard InChI is InChI=1S/C44H41F2N9O6/c1-23(56)52-14-10-35-33(22-52)40(51-55(35)28-11-15-61-16-12-28)53-13-2-3-25-18-30(31(39(45)46)20-37(25)53)24-4-7-34-26(17-24)21-47-44(49-34)48-27-5-6-29-32(19-27)43(60)54(42(29)59)36-8-9-38(57)50-41(36)58/h4-7,17-21,28,36,39H,2-3,8-16,22H2,1H3,(H,47,48,49)(H,50,57,58). The van der Waals surface area contributed by atoms with Gasteiger partial charge in [0.1, 0.15) is 6.04 Å². The lowest BCUT2D eigenvalue weighted by Crippen LogP contribution is -2.54. The number of ether oxygens (including phenoxy) is 1. The second-order valence-electron chi connectivity index (χ2n) is 16.2. The number of fused-ring (bicyclic) bond motifs is 4. The van der Waals surface area contributed by atoms with Crippen molar-refractivity contribution in [3.05, 3.63) is 88.2 Å². The average molecular weight is 830 g/mol. The van der Waals surface area contributed by atoms with Gasteiger partial charge in [-0.3, -0.25) is 38.9 Å². The number of imide groups is 2. The topological polar surface area (TPSA) is 172 Å². The van der Waals surface area contributed by atoms with Crippen LogP contribution in [0.2, 0.25) is 0 Å². The van der Waals surface area contributed by atoms with Crippen LogP contribution in [0.4, 0.5) is 31.9 Å². The molecule has 15 nitrogen and oxygen atoms in total. The van der Waals surface area contributed by atoms with Gasteiger partial charge in [0.05, 0.1) is 29.2 Å². The van der Waals surface area contributed by atoms with Gasteiger partial charge in [0.15, 0.2) is 5.82 Å². The number of aryl methyl sites for hydroxylation is 1. The molecule has 1 unspecified atom stereocenters. The van der Waals surface area contributed by atoms with Gasteiger partial charge in [-0.1, -0.05) is 6.07 Å². The first-order chi connectivity index (χ1) is 29.5. The second kappa shape index (κ2) is 15.1. The zero-order chi connectivity index (χ0) is 42.1. The van der Waals surface area contributed by atoms with E-state index in [0.29, 0.717) is 79.1 Å². The molecule has 0 bridgehead atoms. The Labute approximate surface area is 348 Å². The van der Waals surface area contributed by atoms with E-state index in [-0.39, 0.29) is 47.4 Å². The van der Waals surface area contributed by atoms with Crippen molar-refractivity contribution in [3.8, 4) is 11.1 Å². The lowest BCUT2D eigenvalue weighted by atomic mass is 9.91. The van der Waals surface area contributed by atoms with Crippen LogP contribution in [0.15, 0.2) is 54.7 Å². The summed E-state index contributed by atoms with van der Waals surface area (Å²) < 4.78 is 38.0. The summed E-state index contributed by atoms with van der Waals surface area (Å²) in [6.07, 6.45) is 2.74. The first kappa shape index (κ1) is 38.6. The molecule has 1 atom stereocenters. The summed E-state index contributed by atoms with van der Waals surface area (Å²) in [5, 5.41) is 11.1. The number of rotatable bonds is 7. The van der Waals surface area contributed by atoms with Crippen molar-refractivity contribution in [2.24, 2.45) is 0 Å². The Morgan fingerprint density at radius 1 is 0.918 bits per heavy atom. The van der Waals surface area contributed by atoms with Crippen LogP contribution < -0.4 is 15.5 Å². The molecule has 3 aromatic carbocycles. The highest BCUT2D eigenvalue weighted by molar-refractivity contribution is 6.23. The summed E-state index contributed by atoms with van der Waals surface area (Å²) in [4.78, 5) is 77.0. The predicted octanol–water partition coefficient (Wildman–Crippen LogP) is 5.92. The van der Waals surface area contributed by atoms with Crippen LogP contribution in [-0.2, 0) is 38.5 Å². The molecule has 5 aliphatic rings. The number of amides is 5. The van der Waals surface area contributed by atoms with Crippen LogP contribution in [0, 0.1) is 0 Å². The van der Waals surface area contributed by atoms with E-state index in [1.54, 1.807) is 43.5 Å².